The van der Waals surface area contributed by atoms with Crippen LogP contribution in [-0.2, 0) is 23.9 Å². The third kappa shape index (κ3) is 3.01. The van der Waals surface area contributed by atoms with Gasteiger partial charge in [0.1, 0.15) is 0 Å². The average molecular weight is 337 g/mol. The number of hydrogen-bond acceptors (Lipinski definition) is 5. The maximum absolute atomic E-state index is 12.4. The molecule has 1 aromatic carbocycles. The van der Waals surface area contributed by atoms with Crippen molar-refractivity contribution in [1.29, 1.82) is 0 Å². The normalized spacial score (nSPS) is 18.5. The summed E-state index contributed by atoms with van der Waals surface area (Å²) in [6.45, 7) is 1.77. The van der Waals surface area contributed by atoms with E-state index in [2.05, 4.69) is 0 Å². The van der Waals surface area contributed by atoms with Crippen LogP contribution in [0.2, 0.25) is 5.02 Å². The Balaban J connectivity index is 2.50. The first kappa shape index (κ1) is 17.2. The van der Waals surface area contributed by atoms with Crippen LogP contribution >= 0.6 is 11.6 Å². The quantitative estimate of drug-likeness (QED) is 0.482. The second-order valence-corrected chi connectivity index (χ2v) is 5.89. The van der Waals surface area contributed by atoms with E-state index in [1.54, 1.807) is 25.1 Å². The van der Waals surface area contributed by atoms with Gasteiger partial charge in [-0.1, -0.05) is 23.7 Å². The average Bonchev–Trinajstić information content (AvgIpc) is 2.91. The lowest BCUT2D eigenvalue weighted by molar-refractivity contribution is -0.169. The van der Waals surface area contributed by atoms with Crippen molar-refractivity contribution < 1.29 is 23.9 Å². The van der Waals surface area contributed by atoms with E-state index in [9.17, 15) is 14.4 Å². The van der Waals surface area contributed by atoms with Crippen molar-refractivity contribution in [2.75, 3.05) is 14.2 Å². The molecular weight excluding hydrogens is 320 g/mol. The summed E-state index contributed by atoms with van der Waals surface area (Å²) < 4.78 is 9.45. The monoisotopic (exact) mass is 336 g/mol. The highest BCUT2D eigenvalue weighted by atomic mass is 35.5. The highest BCUT2D eigenvalue weighted by molar-refractivity contribution is 6.30. The highest BCUT2D eigenvalue weighted by Gasteiger charge is 2.55. The molecule has 1 aromatic rings. The molecule has 6 heteroatoms. The van der Waals surface area contributed by atoms with Crippen molar-refractivity contribution in [3.05, 3.63) is 40.4 Å². The van der Waals surface area contributed by atoms with Gasteiger partial charge in [0.15, 0.2) is 11.2 Å². The fraction of sp³-hybridized carbons (Fsp3) is 0.353. The van der Waals surface area contributed by atoms with Crippen molar-refractivity contribution in [3.8, 4) is 0 Å². The van der Waals surface area contributed by atoms with E-state index in [1.165, 1.54) is 14.2 Å². The third-order valence-electron chi connectivity index (χ3n) is 4.14. The van der Waals surface area contributed by atoms with Crippen LogP contribution in [0.4, 0.5) is 0 Å². The van der Waals surface area contributed by atoms with Gasteiger partial charge in [-0.05, 0) is 30.2 Å². The summed E-state index contributed by atoms with van der Waals surface area (Å²) in [5.41, 5.74) is 0.275. The lowest BCUT2D eigenvalue weighted by Gasteiger charge is -2.21. The summed E-state index contributed by atoms with van der Waals surface area (Å²) in [4.78, 5) is 36.7. The minimum absolute atomic E-state index is 0.0382. The number of hydrogen-bond donors (Lipinski definition) is 0. The number of carbonyl (C=O) groups is 3. The fourth-order valence-corrected chi connectivity index (χ4v) is 3.03. The molecule has 5 nitrogen and oxygen atoms in total. The molecule has 0 atom stereocenters. The second kappa shape index (κ2) is 6.54. The molecule has 1 aliphatic rings. The van der Waals surface area contributed by atoms with Crippen molar-refractivity contribution in [1.82, 2.24) is 0 Å². The SMILES string of the molecule is COC(=O)C1(C(=O)OC)CC(=O)/C(=C(/C)c2cccc(Cl)c2)C1. The minimum atomic E-state index is -1.60. The second-order valence-electron chi connectivity index (χ2n) is 5.46. The zero-order valence-corrected chi connectivity index (χ0v) is 13.9. The van der Waals surface area contributed by atoms with E-state index in [4.69, 9.17) is 21.1 Å². The number of benzene rings is 1. The molecule has 0 N–H and O–H groups in total. The van der Waals surface area contributed by atoms with Crippen LogP contribution < -0.4 is 0 Å². The Labute approximate surface area is 139 Å². The van der Waals surface area contributed by atoms with Crippen LogP contribution in [0.5, 0.6) is 0 Å². The predicted octanol–water partition coefficient (Wildman–Crippen LogP) is 2.81. The smallest absolute Gasteiger partial charge is 0.324 e. The summed E-state index contributed by atoms with van der Waals surface area (Å²) in [7, 11) is 2.37. The van der Waals surface area contributed by atoms with Crippen molar-refractivity contribution in [3.63, 3.8) is 0 Å². The molecule has 0 aliphatic heterocycles. The van der Waals surface area contributed by atoms with E-state index in [-0.39, 0.29) is 18.6 Å². The Bertz CT molecular complexity index is 689. The first-order valence-electron chi connectivity index (χ1n) is 7.01. The zero-order valence-electron chi connectivity index (χ0n) is 13.1. The van der Waals surface area contributed by atoms with Crippen molar-refractivity contribution in [2.45, 2.75) is 19.8 Å². The van der Waals surface area contributed by atoms with Gasteiger partial charge in [-0.15, -0.1) is 0 Å². The Morgan fingerprint density at radius 2 is 1.74 bits per heavy atom. The number of esters is 2. The fourth-order valence-electron chi connectivity index (χ4n) is 2.84. The van der Waals surface area contributed by atoms with Crippen molar-refractivity contribution >= 4 is 34.9 Å². The number of halogens is 1. The maximum Gasteiger partial charge on any atom is 0.324 e. The molecule has 0 heterocycles. The van der Waals surface area contributed by atoms with Gasteiger partial charge < -0.3 is 9.47 Å². The molecule has 0 bridgehead atoms. The van der Waals surface area contributed by atoms with Gasteiger partial charge in [-0.2, -0.15) is 0 Å². The molecule has 0 amide bonds. The Morgan fingerprint density at radius 3 is 2.26 bits per heavy atom. The molecule has 122 valence electrons. The molecule has 0 saturated heterocycles. The van der Waals surface area contributed by atoms with E-state index in [0.29, 0.717) is 16.2 Å². The number of methoxy groups -OCH3 is 2. The molecule has 23 heavy (non-hydrogen) atoms. The summed E-state index contributed by atoms with van der Waals surface area (Å²) in [5.74, 6) is -1.78. The molecule has 0 spiro atoms. The first-order chi connectivity index (χ1) is 10.9. The minimum Gasteiger partial charge on any atom is -0.468 e. The van der Waals surface area contributed by atoms with Gasteiger partial charge in [-0.25, -0.2) is 0 Å². The molecular formula is C17H17ClO5. The van der Waals surface area contributed by atoms with Crippen LogP contribution in [0.25, 0.3) is 5.57 Å². The molecule has 0 aromatic heterocycles. The van der Waals surface area contributed by atoms with E-state index >= 15 is 0 Å². The molecule has 1 saturated carbocycles. The predicted molar refractivity (Wildman–Crippen MR) is 84.8 cm³/mol. The van der Waals surface area contributed by atoms with Crippen molar-refractivity contribution in [2.24, 2.45) is 5.41 Å². The number of ether oxygens (including phenoxy) is 2. The molecule has 0 unspecified atom stereocenters. The lowest BCUT2D eigenvalue weighted by Crippen LogP contribution is -2.39. The molecule has 1 aliphatic carbocycles. The topological polar surface area (TPSA) is 69.7 Å². The highest BCUT2D eigenvalue weighted by Crippen LogP contribution is 2.44. The summed E-state index contributed by atoms with van der Waals surface area (Å²) >= 11 is 5.98. The zero-order chi connectivity index (χ0) is 17.2. The third-order valence-corrected chi connectivity index (χ3v) is 4.38. The Hall–Kier alpha value is -2.14. The van der Waals surface area contributed by atoms with Crippen LogP contribution in [0.15, 0.2) is 29.8 Å². The van der Waals surface area contributed by atoms with E-state index in [1.807, 2.05) is 6.07 Å². The standard InChI is InChI=1S/C17H17ClO5/c1-10(11-5-4-6-12(18)7-11)13-8-17(9-14(13)19,15(20)22-2)16(21)23-3/h4-7H,8-9H2,1-3H3/b13-10-. The number of rotatable bonds is 3. The number of ketones is 1. The van der Waals surface area contributed by atoms with Crippen LogP contribution in [0, 0.1) is 5.41 Å². The van der Waals surface area contributed by atoms with Crippen LogP contribution in [0.3, 0.4) is 0 Å². The van der Waals surface area contributed by atoms with Gasteiger partial charge in [0.25, 0.3) is 0 Å². The van der Waals surface area contributed by atoms with E-state index in [0.717, 1.165) is 5.56 Å². The summed E-state index contributed by atoms with van der Waals surface area (Å²) in [6, 6.07) is 7.05. The summed E-state index contributed by atoms with van der Waals surface area (Å²) in [6.07, 6.45) is -0.289. The van der Waals surface area contributed by atoms with Crippen LogP contribution in [-0.4, -0.2) is 31.9 Å². The van der Waals surface area contributed by atoms with Gasteiger partial charge in [-0.3, -0.25) is 14.4 Å². The molecule has 1 fully saturated rings. The van der Waals surface area contributed by atoms with Gasteiger partial charge in [0.05, 0.1) is 14.2 Å². The van der Waals surface area contributed by atoms with E-state index < -0.39 is 17.4 Å². The van der Waals surface area contributed by atoms with Crippen LogP contribution in [0.1, 0.15) is 25.3 Å². The lowest BCUT2D eigenvalue weighted by atomic mass is 9.85. The molecule has 2 rings (SSSR count). The largest absolute Gasteiger partial charge is 0.468 e. The molecule has 0 radical (unpaired) electrons. The van der Waals surface area contributed by atoms with Gasteiger partial charge in [0.2, 0.25) is 0 Å². The Kier molecular flexibility index (Phi) is 4.90. The van der Waals surface area contributed by atoms with Gasteiger partial charge in [0, 0.05) is 23.4 Å². The first-order valence-corrected chi connectivity index (χ1v) is 7.39. The number of allylic oxidation sites excluding steroid dienone is 2. The summed E-state index contributed by atoms with van der Waals surface area (Å²) in [5, 5.41) is 0.542. The number of carbonyl (C=O) groups excluding carboxylic acids is 3. The Morgan fingerprint density at radius 1 is 1.13 bits per heavy atom. The number of Topliss-reactive ketones (excluding diaryl/α,β-unsaturated/α-hetero) is 1. The van der Waals surface area contributed by atoms with Gasteiger partial charge >= 0.3 is 11.9 Å². The maximum atomic E-state index is 12.4.